The van der Waals surface area contributed by atoms with E-state index in [-0.39, 0.29) is 0 Å². The predicted molar refractivity (Wildman–Crippen MR) is 117 cm³/mol. The Labute approximate surface area is 176 Å². The first-order valence-electron chi connectivity index (χ1n) is 10.3. The molecule has 0 bridgehead atoms. The molecule has 0 atom stereocenters. The molecular formula is C25H26N2O3. The molecular weight excluding hydrogens is 376 g/mol. The zero-order valence-corrected chi connectivity index (χ0v) is 17.6. The SMILES string of the molecule is Cc1cc(Oc2ccnc3cc(C)c(C(N)=O)cc23)c(C)cc1CC(=O)CC1CC1. The number of amides is 1. The summed E-state index contributed by atoms with van der Waals surface area (Å²) in [6.45, 7) is 5.82. The van der Waals surface area contributed by atoms with Gasteiger partial charge in [-0.3, -0.25) is 14.6 Å². The molecule has 3 aromatic rings. The number of ketones is 1. The summed E-state index contributed by atoms with van der Waals surface area (Å²) in [4.78, 5) is 28.4. The van der Waals surface area contributed by atoms with Crippen LogP contribution in [0.2, 0.25) is 0 Å². The summed E-state index contributed by atoms with van der Waals surface area (Å²) in [6.07, 6.45) is 5.24. The van der Waals surface area contributed by atoms with Gasteiger partial charge in [-0.2, -0.15) is 0 Å². The number of ether oxygens (including phenoxy) is 1. The summed E-state index contributed by atoms with van der Waals surface area (Å²) >= 11 is 0. The number of nitrogens with zero attached hydrogens (tertiary/aromatic N) is 1. The van der Waals surface area contributed by atoms with Crippen LogP contribution in [0.1, 0.15) is 51.9 Å². The van der Waals surface area contributed by atoms with E-state index in [9.17, 15) is 9.59 Å². The van der Waals surface area contributed by atoms with Crippen molar-refractivity contribution in [1.82, 2.24) is 4.98 Å². The second kappa shape index (κ2) is 7.90. The van der Waals surface area contributed by atoms with Crippen LogP contribution in [0, 0.1) is 26.7 Å². The molecule has 1 amide bonds. The highest BCUT2D eigenvalue weighted by molar-refractivity contribution is 6.00. The maximum absolute atomic E-state index is 12.3. The van der Waals surface area contributed by atoms with E-state index in [2.05, 4.69) is 4.98 Å². The number of aromatic nitrogens is 1. The van der Waals surface area contributed by atoms with Gasteiger partial charge in [-0.25, -0.2) is 0 Å². The molecule has 1 fully saturated rings. The molecule has 5 nitrogen and oxygen atoms in total. The molecule has 2 N–H and O–H groups in total. The van der Waals surface area contributed by atoms with Gasteiger partial charge in [-0.1, -0.05) is 6.07 Å². The lowest BCUT2D eigenvalue weighted by atomic mass is 9.98. The molecule has 1 aliphatic carbocycles. The Bertz CT molecular complexity index is 1160. The van der Waals surface area contributed by atoms with Crippen molar-refractivity contribution >= 4 is 22.6 Å². The normalized spacial score (nSPS) is 13.4. The van der Waals surface area contributed by atoms with Crippen LogP contribution in [0.3, 0.4) is 0 Å². The van der Waals surface area contributed by atoms with Crippen molar-refractivity contribution in [2.24, 2.45) is 11.7 Å². The fourth-order valence-electron chi connectivity index (χ4n) is 3.82. The Morgan fingerprint density at radius 3 is 2.50 bits per heavy atom. The molecule has 1 heterocycles. The molecule has 0 radical (unpaired) electrons. The number of carbonyl (C=O) groups excluding carboxylic acids is 2. The van der Waals surface area contributed by atoms with Crippen molar-refractivity contribution < 1.29 is 14.3 Å². The zero-order chi connectivity index (χ0) is 21.4. The summed E-state index contributed by atoms with van der Waals surface area (Å²) in [6, 6.07) is 9.38. The smallest absolute Gasteiger partial charge is 0.248 e. The van der Waals surface area contributed by atoms with Crippen molar-refractivity contribution in [3.05, 3.63) is 64.3 Å². The highest BCUT2D eigenvalue weighted by Gasteiger charge is 2.24. The Balaban J connectivity index is 1.64. The lowest BCUT2D eigenvalue weighted by Crippen LogP contribution is -2.12. The molecule has 0 unspecified atom stereocenters. The Morgan fingerprint density at radius 2 is 1.80 bits per heavy atom. The molecule has 154 valence electrons. The third-order valence-corrected chi connectivity index (χ3v) is 5.77. The molecule has 1 aliphatic rings. The second-order valence-corrected chi connectivity index (χ2v) is 8.37. The maximum atomic E-state index is 12.3. The van der Waals surface area contributed by atoms with Gasteiger partial charge in [0.2, 0.25) is 5.91 Å². The van der Waals surface area contributed by atoms with Crippen LogP contribution in [0.25, 0.3) is 10.9 Å². The van der Waals surface area contributed by atoms with Crippen molar-refractivity contribution in [3.8, 4) is 11.5 Å². The number of Topliss-reactive ketones (excluding diaryl/α,β-unsaturated/α-hetero) is 1. The van der Waals surface area contributed by atoms with E-state index in [0.717, 1.165) is 38.9 Å². The number of fused-ring (bicyclic) bond motifs is 1. The monoisotopic (exact) mass is 402 g/mol. The van der Waals surface area contributed by atoms with Crippen molar-refractivity contribution in [3.63, 3.8) is 0 Å². The molecule has 1 aromatic heterocycles. The average molecular weight is 402 g/mol. The van der Waals surface area contributed by atoms with Gasteiger partial charge >= 0.3 is 0 Å². The molecule has 4 rings (SSSR count). The van der Waals surface area contributed by atoms with E-state index in [1.54, 1.807) is 18.3 Å². The molecule has 1 saturated carbocycles. The topological polar surface area (TPSA) is 82.3 Å². The third kappa shape index (κ3) is 4.20. The first-order valence-corrected chi connectivity index (χ1v) is 10.3. The minimum atomic E-state index is -0.476. The number of primary amides is 1. The number of pyridine rings is 1. The third-order valence-electron chi connectivity index (χ3n) is 5.77. The number of hydrogen-bond acceptors (Lipinski definition) is 4. The molecule has 0 saturated heterocycles. The minimum absolute atomic E-state index is 0.308. The lowest BCUT2D eigenvalue weighted by Gasteiger charge is -2.15. The van der Waals surface area contributed by atoms with Gasteiger partial charge in [0.05, 0.1) is 5.52 Å². The minimum Gasteiger partial charge on any atom is -0.456 e. The van der Waals surface area contributed by atoms with Gasteiger partial charge in [-0.15, -0.1) is 0 Å². The van der Waals surface area contributed by atoms with E-state index in [1.165, 1.54) is 12.8 Å². The Kier molecular flexibility index (Phi) is 5.29. The molecule has 0 spiro atoms. The molecule has 0 aliphatic heterocycles. The van der Waals surface area contributed by atoms with Crippen LogP contribution in [0.5, 0.6) is 11.5 Å². The first-order chi connectivity index (χ1) is 14.3. The van der Waals surface area contributed by atoms with Gasteiger partial charge in [0.25, 0.3) is 0 Å². The number of carbonyl (C=O) groups is 2. The number of aryl methyl sites for hydroxylation is 3. The van der Waals surface area contributed by atoms with Crippen molar-refractivity contribution in [2.75, 3.05) is 0 Å². The zero-order valence-electron chi connectivity index (χ0n) is 17.6. The van der Waals surface area contributed by atoms with Crippen LogP contribution in [0.15, 0.2) is 36.5 Å². The number of hydrogen-bond donors (Lipinski definition) is 1. The number of rotatable bonds is 7. The summed E-state index contributed by atoms with van der Waals surface area (Å²) in [5.41, 5.74) is 10.5. The van der Waals surface area contributed by atoms with Gasteiger partial charge in [0.1, 0.15) is 17.3 Å². The predicted octanol–water partition coefficient (Wildman–Crippen LogP) is 4.96. The van der Waals surface area contributed by atoms with Crippen LogP contribution in [-0.2, 0) is 11.2 Å². The van der Waals surface area contributed by atoms with E-state index in [4.69, 9.17) is 10.5 Å². The van der Waals surface area contributed by atoms with E-state index in [1.807, 2.05) is 39.0 Å². The van der Waals surface area contributed by atoms with Gasteiger partial charge in [-0.05, 0) is 86.1 Å². The van der Waals surface area contributed by atoms with Crippen molar-refractivity contribution in [1.29, 1.82) is 0 Å². The highest BCUT2D eigenvalue weighted by atomic mass is 16.5. The van der Waals surface area contributed by atoms with Gasteiger partial charge < -0.3 is 10.5 Å². The second-order valence-electron chi connectivity index (χ2n) is 8.37. The largest absolute Gasteiger partial charge is 0.456 e. The Hall–Kier alpha value is -3.21. The van der Waals surface area contributed by atoms with E-state index >= 15 is 0 Å². The quantitative estimate of drug-likeness (QED) is 0.605. The summed E-state index contributed by atoms with van der Waals surface area (Å²) in [7, 11) is 0. The van der Waals surface area contributed by atoms with E-state index in [0.29, 0.717) is 35.9 Å². The van der Waals surface area contributed by atoms with Crippen LogP contribution < -0.4 is 10.5 Å². The van der Waals surface area contributed by atoms with Crippen LogP contribution in [-0.4, -0.2) is 16.7 Å². The summed E-state index contributed by atoms with van der Waals surface area (Å²) in [5.74, 6) is 1.78. The van der Waals surface area contributed by atoms with Gasteiger partial charge in [0, 0.05) is 30.0 Å². The number of benzene rings is 2. The molecule has 2 aromatic carbocycles. The first kappa shape index (κ1) is 20.1. The maximum Gasteiger partial charge on any atom is 0.248 e. The summed E-state index contributed by atoms with van der Waals surface area (Å²) < 4.78 is 6.24. The molecule has 5 heteroatoms. The Morgan fingerprint density at radius 1 is 1.03 bits per heavy atom. The standard InChI is InChI=1S/C25H26N2O3/c1-14-10-24(16(3)8-18(14)12-19(28)11-17-4-5-17)30-23-6-7-27-22-9-15(2)20(25(26)29)13-21(22)23/h6-10,13,17H,4-5,11-12H2,1-3H3,(H2,26,29). The molecule has 30 heavy (non-hydrogen) atoms. The van der Waals surface area contributed by atoms with Crippen LogP contribution >= 0.6 is 0 Å². The average Bonchev–Trinajstić information content (AvgIpc) is 3.49. The van der Waals surface area contributed by atoms with Gasteiger partial charge in [0.15, 0.2) is 0 Å². The fourth-order valence-corrected chi connectivity index (χ4v) is 3.82. The number of nitrogens with two attached hydrogens (primary N) is 1. The van der Waals surface area contributed by atoms with Crippen LogP contribution in [0.4, 0.5) is 0 Å². The summed E-state index contributed by atoms with van der Waals surface area (Å²) in [5, 5.41) is 0.734. The lowest BCUT2D eigenvalue weighted by molar-refractivity contribution is -0.118. The fraction of sp³-hybridized carbons (Fsp3) is 0.320. The highest BCUT2D eigenvalue weighted by Crippen LogP contribution is 2.35. The van der Waals surface area contributed by atoms with Crippen molar-refractivity contribution in [2.45, 2.75) is 46.5 Å². The van der Waals surface area contributed by atoms with E-state index < -0.39 is 5.91 Å².